The maximum absolute atomic E-state index is 12.4. The van der Waals surface area contributed by atoms with Gasteiger partial charge in [-0.2, -0.15) is 0 Å². The molecular weight excluding hydrogens is 414 g/mol. The predicted octanol–water partition coefficient (Wildman–Crippen LogP) is 4.13. The summed E-state index contributed by atoms with van der Waals surface area (Å²) in [6.45, 7) is 2.01. The zero-order valence-electron chi connectivity index (χ0n) is 15.1. The number of ether oxygens (including phenoxy) is 2. The van der Waals surface area contributed by atoms with Crippen LogP contribution >= 0.6 is 15.9 Å². The average Bonchev–Trinajstić information content (AvgIpc) is 2.66. The van der Waals surface area contributed by atoms with Crippen LogP contribution in [0.2, 0.25) is 0 Å². The van der Waals surface area contributed by atoms with Gasteiger partial charge in [0, 0.05) is 16.8 Å². The maximum atomic E-state index is 12.4. The molecule has 0 aliphatic heterocycles. The number of amides is 1. The lowest BCUT2D eigenvalue weighted by molar-refractivity contribution is 0.0665. The van der Waals surface area contributed by atoms with E-state index in [1.54, 1.807) is 30.3 Å². The van der Waals surface area contributed by atoms with E-state index in [2.05, 4.69) is 21.2 Å². The first-order chi connectivity index (χ1) is 13.0. The Hall–Kier alpha value is -2.09. The fraction of sp³-hybridized carbons (Fsp3) is 0.350. The summed E-state index contributed by atoms with van der Waals surface area (Å²) in [6, 6.07) is 14.4. The molecule has 0 radical (unpaired) electrons. The molecule has 0 aromatic heterocycles. The standard InChI is InChI=1S/C20H24BrNO5/c1-14(9-10-23)19(15-3-2-4-18(13-15)26-12-11-24)27-20(25)22-17-7-5-16(21)6-8-17/h2-8,13-14,19,23-24H,9-12H2,1H3,(H,22,25)/t14-,19-/m0/s1. The summed E-state index contributed by atoms with van der Waals surface area (Å²) in [5, 5.41) is 20.9. The van der Waals surface area contributed by atoms with Gasteiger partial charge in [0.25, 0.3) is 0 Å². The molecule has 2 aromatic carbocycles. The van der Waals surface area contributed by atoms with Gasteiger partial charge in [-0.05, 0) is 54.3 Å². The van der Waals surface area contributed by atoms with Gasteiger partial charge in [0.2, 0.25) is 0 Å². The number of aliphatic hydroxyl groups is 2. The molecule has 6 nitrogen and oxygen atoms in total. The van der Waals surface area contributed by atoms with Crippen LogP contribution in [0.1, 0.15) is 25.0 Å². The van der Waals surface area contributed by atoms with Crippen LogP contribution in [0.25, 0.3) is 0 Å². The van der Waals surface area contributed by atoms with E-state index in [1.165, 1.54) is 0 Å². The summed E-state index contributed by atoms with van der Waals surface area (Å²) in [7, 11) is 0. The lowest BCUT2D eigenvalue weighted by atomic mass is 9.94. The molecule has 0 fully saturated rings. The second kappa shape index (κ2) is 10.9. The Balaban J connectivity index is 2.13. The van der Waals surface area contributed by atoms with Gasteiger partial charge in [0.1, 0.15) is 18.5 Å². The van der Waals surface area contributed by atoms with Gasteiger partial charge in [0.05, 0.1) is 6.61 Å². The Kier molecular flexibility index (Phi) is 8.57. The predicted molar refractivity (Wildman–Crippen MR) is 107 cm³/mol. The molecule has 2 rings (SSSR count). The molecule has 3 N–H and O–H groups in total. The first-order valence-corrected chi connectivity index (χ1v) is 9.50. The van der Waals surface area contributed by atoms with Crippen molar-refractivity contribution in [3.8, 4) is 5.75 Å². The highest BCUT2D eigenvalue weighted by atomic mass is 79.9. The quantitative estimate of drug-likeness (QED) is 0.548. The third-order valence-electron chi connectivity index (χ3n) is 3.97. The third-order valence-corrected chi connectivity index (χ3v) is 4.50. The van der Waals surface area contributed by atoms with Crippen LogP contribution in [0, 0.1) is 5.92 Å². The fourth-order valence-electron chi connectivity index (χ4n) is 2.61. The SMILES string of the molecule is C[C@@H](CCO)[C@H](OC(=O)Nc1ccc(Br)cc1)c1cccc(OCCO)c1. The molecule has 0 aliphatic carbocycles. The van der Waals surface area contributed by atoms with Gasteiger partial charge in [-0.15, -0.1) is 0 Å². The van der Waals surface area contributed by atoms with Crippen LogP contribution < -0.4 is 10.1 Å². The molecule has 0 saturated carbocycles. The van der Waals surface area contributed by atoms with Crippen molar-refractivity contribution in [1.29, 1.82) is 0 Å². The Morgan fingerprint density at radius 1 is 1.15 bits per heavy atom. The highest BCUT2D eigenvalue weighted by molar-refractivity contribution is 9.10. The monoisotopic (exact) mass is 437 g/mol. The smallest absolute Gasteiger partial charge is 0.412 e. The van der Waals surface area contributed by atoms with Crippen molar-refractivity contribution in [2.45, 2.75) is 19.4 Å². The number of aliphatic hydroxyl groups excluding tert-OH is 2. The number of halogens is 1. The molecule has 0 spiro atoms. The highest BCUT2D eigenvalue weighted by Crippen LogP contribution is 2.31. The third kappa shape index (κ3) is 6.86. The molecule has 146 valence electrons. The second-order valence-corrected chi connectivity index (χ2v) is 7.01. The summed E-state index contributed by atoms with van der Waals surface area (Å²) in [6.07, 6.45) is -0.642. The van der Waals surface area contributed by atoms with Crippen molar-refractivity contribution in [3.63, 3.8) is 0 Å². The lowest BCUT2D eigenvalue weighted by Gasteiger charge is -2.24. The van der Waals surface area contributed by atoms with E-state index in [4.69, 9.17) is 14.6 Å². The van der Waals surface area contributed by atoms with Crippen LogP contribution in [0.15, 0.2) is 53.0 Å². The number of hydrogen-bond acceptors (Lipinski definition) is 5. The van der Waals surface area contributed by atoms with Crippen molar-refractivity contribution >= 4 is 27.7 Å². The number of rotatable bonds is 9. The Labute approximate surface area is 167 Å². The molecule has 1 amide bonds. The minimum Gasteiger partial charge on any atom is -0.491 e. The van der Waals surface area contributed by atoms with Crippen LogP contribution in [-0.2, 0) is 4.74 Å². The normalized spacial score (nSPS) is 12.9. The zero-order valence-corrected chi connectivity index (χ0v) is 16.7. The summed E-state index contributed by atoms with van der Waals surface area (Å²) in [5.41, 5.74) is 1.38. The van der Waals surface area contributed by atoms with Crippen LogP contribution in [0.4, 0.5) is 10.5 Å². The van der Waals surface area contributed by atoms with E-state index >= 15 is 0 Å². The first kappa shape index (κ1) is 21.2. The number of carbonyl (C=O) groups excluding carboxylic acids is 1. The topological polar surface area (TPSA) is 88.0 Å². The molecule has 0 bridgehead atoms. The van der Waals surface area contributed by atoms with Crippen molar-refractivity contribution in [2.24, 2.45) is 5.92 Å². The largest absolute Gasteiger partial charge is 0.491 e. The summed E-state index contributed by atoms with van der Waals surface area (Å²) in [5.74, 6) is 0.485. The summed E-state index contributed by atoms with van der Waals surface area (Å²) >= 11 is 3.35. The number of nitrogens with one attached hydrogen (secondary N) is 1. The van der Waals surface area contributed by atoms with E-state index in [-0.39, 0.29) is 25.7 Å². The highest BCUT2D eigenvalue weighted by Gasteiger charge is 2.24. The van der Waals surface area contributed by atoms with Crippen molar-refractivity contribution in [3.05, 3.63) is 58.6 Å². The van der Waals surface area contributed by atoms with Crippen LogP contribution in [0.3, 0.4) is 0 Å². The lowest BCUT2D eigenvalue weighted by Crippen LogP contribution is -2.22. The average molecular weight is 438 g/mol. The molecule has 0 heterocycles. The Bertz CT molecular complexity index is 723. The molecule has 0 aliphatic rings. The van der Waals surface area contributed by atoms with E-state index in [1.807, 2.05) is 25.1 Å². The van der Waals surface area contributed by atoms with Gasteiger partial charge in [-0.3, -0.25) is 5.32 Å². The Morgan fingerprint density at radius 2 is 1.89 bits per heavy atom. The van der Waals surface area contributed by atoms with E-state index in [9.17, 15) is 9.90 Å². The summed E-state index contributed by atoms with van der Waals surface area (Å²) < 4.78 is 12.0. The number of hydrogen-bond donors (Lipinski definition) is 3. The number of anilines is 1. The van der Waals surface area contributed by atoms with Gasteiger partial charge >= 0.3 is 6.09 Å². The van der Waals surface area contributed by atoms with Crippen molar-refractivity contribution < 1.29 is 24.5 Å². The van der Waals surface area contributed by atoms with E-state index in [0.29, 0.717) is 17.9 Å². The van der Waals surface area contributed by atoms with Gasteiger partial charge in [0.15, 0.2) is 0 Å². The molecule has 27 heavy (non-hydrogen) atoms. The van der Waals surface area contributed by atoms with Gasteiger partial charge < -0.3 is 19.7 Å². The molecule has 2 atom stereocenters. The molecule has 7 heteroatoms. The number of carbonyl (C=O) groups is 1. The molecule has 2 aromatic rings. The van der Waals surface area contributed by atoms with E-state index in [0.717, 1.165) is 10.0 Å². The van der Waals surface area contributed by atoms with E-state index < -0.39 is 12.2 Å². The van der Waals surface area contributed by atoms with Crippen LogP contribution in [0.5, 0.6) is 5.75 Å². The van der Waals surface area contributed by atoms with Crippen molar-refractivity contribution in [1.82, 2.24) is 0 Å². The zero-order chi connectivity index (χ0) is 19.6. The molecule has 0 saturated heterocycles. The van der Waals surface area contributed by atoms with Gasteiger partial charge in [-0.25, -0.2) is 4.79 Å². The van der Waals surface area contributed by atoms with Gasteiger partial charge in [-0.1, -0.05) is 35.0 Å². The first-order valence-electron chi connectivity index (χ1n) is 8.71. The molecular formula is C20H24BrNO5. The van der Waals surface area contributed by atoms with Crippen LogP contribution in [-0.4, -0.2) is 36.1 Å². The fourth-order valence-corrected chi connectivity index (χ4v) is 2.87. The van der Waals surface area contributed by atoms with Crippen molar-refractivity contribution in [2.75, 3.05) is 25.1 Å². The maximum Gasteiger partial charge on any atom is 0.412 e. The second-order valence-electron chi connectivity index (χ2n) is 6.09. The minimum atomic E-state index is -0.575. The number of benzene rings is 2. The minimum absolute atomic E-state index is 0.00391. The summed E-state index contributed by atoms with van der Waals surface area (Å²) in [4.78, 5) is 12.4. The Morgan fingerprint density at radius 3 is 2.56 bits per heavy atom. The molecule has 0 unspecified atom stereocenters.